The van der Waals surface area contributed by atoms with Crippen LogP contribution < -0.4 is 10.2 Å². The molecule has 6 nitrogen and oxygen atoms in total. The van der Waals surface area contributed by atoms with Gasteiger partial charge in [-0.1, -0.05) is 31.5 Å². The van der Waals surface area contributed by atoms with Gasteiger partial charge in [0.25, 0.3) is 15.9 Å². The molecule has 7 heteroatoms. The summed E-state index contributed by atoms with van der Waals surface area (Å²) in [6.45, 7) is 2.77. The van der Waals surface area contributed by atoms with Crippen LogP contribution in [0.5, 0.6) is 0 Å². The second-order valence-corrected chi connectivity index (χ2v) is 8.66. The van der Waals surface area contributed by atoms with Gasteiger partial charge in [0.1, 0.15) is 10.7 Å². The molecule has 0 bridgehead atoms. The number of amidine groups is 1. The maximum Gasteiger partial charge on any atom is 0.286 e. The highest BCUT2D eigenvalue weighted by Gasteiger charge is 2.32. The Kier molecular flexibility index (Phi) is 4.93. The van der Waals surface area contributed by atoms with Gasteiger partial charge in [0.05, 0.1) is 5.69 Å². The molecule has 0 radical (unpaired) electrons. The van der Waals surface area contributed by atoms with Crippen LogP contribution >= 0.6 is 0 Å². The Bertz CT molecular complexity index is 1060. The Balaban J connectivity index is 1.69. The Labute approximate surface area is 165 Å². The number of nitrogens with one attached hydrogen (secondary N) is 1. The number of hydrogen-bond acceptors (Lipinski definition) is 4. The Morgan fingerprint density at radius 2 is 1.96 bits per heavy atom. The van der Waals surface area contributed by atoms with E-state index in [4.69, 9.17) is 0 Å². The summed E-state index contributed by atoms with van der Waals surface area (Å²) in [7, 11) is -3.80. The van der Waals surface area contributed by atoms with Crippen molar-refractivity contribution in [1.82, 2.24) is 0 Å². The molecule has 146 valence electrons. The molecule has 0 spiro atoms. The first kappa shape index (κ1) is 18.7. The molecular weight excluding hydrogens is 374 g/mol. The van der Waals surface area contributed by atoms with E-state index in [-0.39, 0.29) is 10.8 Å². The highest BCUT2D eigenvalue weighted by molar-refractivity contribution is 7.90. The number of carbonyl (C=O) groups is 1. The van der Waals surface area contributed by atoms with E-state index in [1.54, 1.807) is 12.1 Å². The van der Waals surface area contributed by atoms with Gasteiger partial charge in [-0.05, 0) is 49.1 Å². The quantitative estimate of drug-likeness (QED) is 0.850. The predicted molar refractivity (Wildman–Crippen MR) is 111 cm³/mol. The van der Waals surface area contributed by atoms with E-state index in [1.165, 1.54) is 6.07 Å². The van der Waals surface area contributed by atoms with E-state index >= 15 is 0 Å². The smallest absolute Gasteiger partial charge is 0.286 e. The van der Waals surface area contributed by atoms with Gasteiger partial charge in [-0.3, -0.25) is 4.79 Å². The van der Waals surface area contributed by atoms with Crippen LogP contribution in [-0.2, 0) is 16.4 Å². The van der Waals surface area contributed by atoms with Crippen molar-refractivity contribution >= 4 is 33.1 Å². The molecule has 0 aromatic heterocycles. The normalized spacial score (nSPS) is 17.8. The summed E-state index contributed by atoms with van der Waals surface area (Å²) in [4.78, 5) is 14.9. The van der Waals surface area contributed by atoms with E-state index in [0.717, 1.165) is 43.5 Å². The number of para-hydroxylation sites is 1. The molecule has 2 aromatic rings. The van der Waals surface area contributed by atoms with Gasteiger partial charge in [-0.2, -0.15) is 8.42 Å². The number of sulfonamides is 1. The highest BCUT2D eigenvalue weighted by Crippen LogP contribution is 2.35. The predicted octanol–water partition coefficient (Wildman–Crippen LogP) is 3.98. The fourth-order valence-corrected chi connectivity index (χ4v) is 5.05. The van der Waals surface area contributed by atoms with Crippen molar-refractivity contribution in [3.63, 3.8) is 0 Å². The van der Waals surface area contributed by atoms with Crippen LogP contribution in [-0.4, -0.2) is 26.7 Å². The number of fused-ring (bicyclic) bond motifs is 3. The lowest BCUT2D eigenvalue weighted by molar-refractivity contribution is 0.102. The van der Waals surface area contributed by atoms with E-state index in [9.17, 15) is 13.2 Å². The molecule has 0 unspecified atom stereocenters. The van der Waals surface area contributed by atoms with Crippen molar-refractivity contribution in [2.24, 2.45) is 4.40 Å². The van der Waals surface area contributed by atoms with Crippen molar-refractivity contribution in [3.05, 3.63) is 53.6 Å². The summed E-state index contributed by atoms with van der Waals surface area (Å²) in [6.07, 6.45) is 4.45. The number of nitrogens with zero attached hydrogens (tertiary/aromatic N) is 2. The monoisotopic (exact) mass is 397 g/mol. The number of rotatable bonds is 3. The summed E-state index contributed by atoms with van der Waals surface area (Å²) in [6, 6.07) is 12.5. The third kappa shape index (κ3) is 3.42. The molecule has 2 heterocycles. The summed E-state index contributed by atoms with van der Waals surface area (Å²) < 4.78 is 29.5. The molecule has 4 rings (SSSR count). The minimum atomic E-state index is -3.80. The first-order chi connectivity index (χ1) is 13.5. The van der Waals surface area contributed by atoms with Crippen molar-refractivity contribution in [3.8, 4) is 0 Å². The zero-order valence-corrected chi connectivity index (χ0v) is 16.6. The average Bonchev–Trinajstić information content (AvgIpc) is 2.93. The van der Waals surface area contributed by atoms with Gasteiger partial charge < -0.3 is 10.2 Å². The van der Waals surface area contributed by atoms with Crippen LogP contribution in [0.2, 0.25) is 0 Å². The zero-order valence-electron chi connectivity index (χ0n) is 15.8. The third-order valence-electron chi connectivity index (χ3n) is 5.26. The SMILES string of the molecule is CCc1ccccc1NC(=O)c1ccc2c(c1)S(=O)(=O)N=C1CCCCCN12. The van der Waals surface area contributed by atoms with Gasteiger partial charge in [0.15, 0.2) is 0 Å². The van der Waals surface area contributed by atoms with E-state index in [1.807, 2.05) is 36.1 Å². The molecule has 28 heavy (non-hydrogen) atoms. The lowest BCUT2D eigenvalue weighted by Gasteiger charge is -2.29. The molecule has 2 aliphatic rings. The minimum Gasteiger partial charge on any atom is -0.328 e. The lowest BCUT2D eigenvalue weighted by atomic mass is 10.1. The molecule has 1 fully saturated rings. The molecule has 0 aliphatic carbocycles. The number of benzene rings is 2. The van der Waals surface area contributed by atoms with Crippen molar-refractivity contribution in [2.75, 3.05) is 16.8 Å². The largest absolute Gasteiger partial charge is 0.328 e. The van der Waals surface area contributed by atoms with Gasteiger partial charge in [0.2, 0.25) is 0 Å². The van der Waals surface area contributed by atoms with Crippen LogP contribution in [0.15, 0.2) is 51.8 Å². The van der Waals surface area contributed by atoms with Gasteiger partial charge >= 0.3 is 0 Å². The maximum atomic E-state index is 12.8. The number of hydrogen-bond donors (Lipinski definition) is 1. The summed E-state index contributed by atoms with van der Waals surface area (Å²) in [5.74, 6) is 0.281. The molecule has 2 aromatic carbocycles. The number of anilines is 2. The Hall–Kier alpha value is -2.67. The second kappa shape index (κ2) is 7.39. The van der Waals surface area contributed by atoms with E-state index in [0.29, 0.717) is 23.5 Å². The van der Waals surface area contributed by atoms with E-state index < -0.39 is 10.0 Å². The summed E-state index contributed by atoms with van der Waals surface area (Å²) in [5, 5.41) is 2.90. The van der Waals surface area contributed by atoms with E-state index in [2.05, 4.69) is 9.71 Å². The van der Waals surface area contributed by atoms with Crippen LogP contribution in [0.25, 0.3) is 0 Å². The zero-order chi connectivity index (χ0) is 19.7. The first-order valence-corrected chi connectivity index (χ1v) is 11.1. The number of aryl methyl sites for hydroxylation is 1. The van der Waals surface area contributed by atoms with Crippen LogP contribution in [0.4, 0.5) is 11.4 Å². The summed E-state index contributed by atoms with van der Waals surface area (Å²) >= 11 is 0. The fourth-order valence-electron chi connectivity index (χ4n) is 3.77. The summed E-state index contributed by atoms with van der Waals surface area (Å²) in [5.41, 5.74) is 2.70. The number of carbonyl (C=O) groups excluding carboxylic acids is 1. The molecule has 1 amide bonds. The fraction of sp³-hybridized carbons (Fsp3) is 0.333. The topological polar surface area (TPSA) is 78.8 Å². The molecule has 0 saturated carbocycles. The molecular formula is C21H23N3O3S. The van der Waals surface area contributed by atoms with Crippen molar-refractivity contribution < 1.29 is 13.2 Å². The van der Waals surface area contributed by atoms with Gasteiger partial charge in [-0.25, -0.2) is 0 Å². The second-order valence-electron chi connectivity index (χ2n) is 7.09. The van der Waals surface area contributed by atoms with Crippen molar-refractivity contribution in [1.29, 1.82) is 0 Å². The highest BCUT2D eigenvalue weighted by atomic mass is 32.2. The standard InChI is InChI=1S/C21H23N3O3S/c1-2-15-8-5-6-9-17(15)22-21(25)16-11-12-18-19(14-16)28(26,27)23-20-10-4-3-7-13-24(18)20/h5-6,8-9,11-12,14H,2-4,7,10,13H2,1H3,(H,22,25). The molecule has 0 atom stereocenters. The average molecular weight is 398 g/mol. The molecule has 1 N–H and O–H groups in total. The lowest BCUT2D eigenvalue weighted by Crippen LogP contribution is -2.35. The Morgan fingerprint density at radius 3 is 2.79 bits per heavy atom. The van der Waals surface area contributed by atoms with Crippen LogP contribution in [0.1, 0.15) is 48.5 Å². The maximum absolute atomic E-state index is 12.8. The van der Waals surface area contributed by atoms with Gasteiger partial charge in [0, 0.05) is 24.2 Å². The van der Waals surface area contributed by atoms with Gasteiger partial charge in [-0.15, -0.1) is 4.40 Å². The first-order valence-electron chi connectivity index (χ1n) is 9.64. The van der Waals surface area contributed by atoms with Crippen LogP contribution in [0.3, 0.4) is 0 Å². The third-order valence-corrected chi connectivity index (χ3v) is 6.59. The Morgan fingerprint density at radius 1 is 1.14 bits per heavy atom. The van der Waals surface area contributed by atoms with Crippen LogP contribution in [0, 0.1) is 0 Å². The molecule has 1 saturated heterocycles. The van der Waals surface area contributed by atoms with Crippen molar-refractivity contribution in [2.45, 2.75) is 43.9 Å². The minimum absolute atomic E-state index is 0.106. The number of amides is 1. The molecule has 2 aliphatic heterocycles.